The molecule has 164 valence electrons. The van der Waals surface area contributed by atoms with Gasteiger partial charge in [-0.15, -0.1) is 0 Å². The van der Waals surface area contributed by atoms with Gasteiger partial charge in [0.15, 0.2) is 0 Å². The Kier molecular flexibility index (Phi) is 11.4. The summed E-state index contributed by atoms with van der Waals surface area (Å²) in [6.45, 7) is 5.19. The van der Waals surface area contributed by atoms with Crippen molar-refractivity contribution in [3.05, 3.63) is 59.4 Å². The minimum atomic E-state index is -1.82. The lowest BCUT2D eigenvalue weighted by Crippen LogP contribution is -2.28. The third-order valence-corrected chi connectivity index (χ3v) is 4.56. The number of ether oxygens (including phenoxy) is 1. The molecule has 0 aromatic heterocycles. The highest BCUT2D eigenvalue weighted by Crippen LogP contribution is 2.28. The van der Waals surface area contributed by atoms with Crippen LogP contribution in [0.4, 0.5) is 4.79 Å². The second-order valence-corrected chi connectivity index (χ2v) is 6.75. The summed E-state index contributed by atoms with van der Waals surface area (Å²) in [6, 6.07) is 9.84. The molecule has 30 heavy (non-hydrogen) atoms. The van der Waals surface area contributed by atoms with Crippen molar-refractivity contribution in [1.82, 2.24) is 10.6 Å². The zero-order valence-corrected chi connectivity index (χ0v) is 17.4. The SMILES string of the molecule is CC/C=C/NC1=C(C)C(COC(=O)NCc2ccccc2)CCC1.O=C(O)C(=O)O. The maximum absolute atomic E-state index is 11.9. The van der Waals surface area contributed by atoms with Crippen molar-refractivity contribution in [2.24, 2.45) is 5.92 Å². The van der Waals surface area contributed by atoms with Crippen molar-refractivity contribution < 1.29 is 29.3 Å². The summed E-state index contributed by atoms with van der Waals surface area (Å²) in [5, 5.41) is 21.0. The third-order valence-electron chi connectivity index (χ3n) is 4.56. The van der Waals surface area contributed by atoms with E-state index in [0.717, 1.165) is 31.2 Å². The van der Waals surface area contributed by atoms with Crippen LogP contribution in [-0.2, 0) is 20.9 Å². The van der Waals surface area contributed by atoms with Gasteiger partial charge in [0.2, 0.25) is 0 Å². The molecule has 0 radical (unpaired) electrons. The van der Waals surface area contributed by atoms with E-state index < -0.39 is 11.9 Å². The van der Waals surface area contributed by atoms with Crippen LogP contribution in [0.2, 0.25) is 0 Å². The van der Waals surface area contributed by atoms with Crippen LogP contribution in [0.1, 0.15) is 45.1 Å². The molecule has 0 saturated heterocycles. The molecule has 4 N–H and O–H groups in total. The Morgan fingerprint density at radius 1 is 1.17 bits per heavy atom. The molecular formula is C22H30N2O6. The highest BCUT2D eigenvalue weighted by atomic mass is 16.5. The predicted octanol–water partition coefficient (Wildman–Crippen LogP) is 3.66. The van der Waals surface area contributed by atoms with Gasteiger partial charge in [0.05, 0.1) is 6.61 Å². The number of alkyl carbamates (subject to hydrolysis) is 1. The topological polar surface area (TPSA) is 125 Å². The van der Waals surface area contributed by atoms with Crippen LogP contribution in [0, 0.1) is 5.92 Å². The van der Waals surface area contributed by atoms with Crippen molar-refractivity contribution >= 4 is 18.0 Å². The van der Waals surface area contributed by atoms with Gasteiger partial charge >= 0.3 is 18.0 Å². The van der Waals surface area contributed by atoms with E-state index in [4.69, 9.17) is 24.5 Å². The molecule has 0 spiro atoms. The van der Waals surface area contributed by atoms with Gasteiger partial charge in [0, 0.05) is 18.2 Å². The van der Waals surface area contributed by atoms with Crippen LogP contribution < -0.4 is 10.6 Å². The van der Waals surface area contributed by atoms with Gasteiger partial charge in [-0.25, -0.2) is 14.4 Å². The summed E-state index contributed by atoms with van der Waals surface area (Å²) in [5.74, 6) is -3.34. The van der Waals surface area contributed by atoms with Crippen LogP contribution in [0.25, 0.3) is 0 Å². The molecule has 0 bridgehead atoms. The van der Waals surface area contributed by atoms with Gasteiger partial charge in [-0.2, -0.15) is 0 Å². The zero-order chi connectivity index (χ0) is 22.4. The zero-order valence-electron chi connectivity index (χ0n) is 17.4. The third kappa shape index (κ3) is 9.77. The minimum Gasteiger partial charge on any atom is -0.473 e. The largest absolute Gasteiger partial charge is 0.473 e. The van der Waals surface area contributed by atoms with Crippen molar-refractivity contribution in [2.75, 3.05) is 6.61 Å². The lowest BCUT2D eigenvalue weighted by Gasteiger charge is -2.26. The molecule has 0 fully saturated rings. The smallest absolute Gasteiger partial charge is 0.414 e. The lowest BCUT2D eigenvalue weighted by molar-refractivity contribution is -0.159. The monoisotopic (exact) mass is 418 g/mol. The molecule has 8 nitrogen and oxygen atoms in total. The van der Waals surface area contributed by atoms with E-state index >= 15 is 0 Å². The number of carbonyl (C=O) groups excluding carboxylic acids is 1. The molecule has 0 saturated carbocycles. The Labute approximate surface area is 176 Å². The number of benzene rings is 1. The Balaban J connectivity index is 0.000000656. The summed E-state index contributed by atoms with van der Waals surface area (Å²) < 4.78 is 5.42. The van der Waals surface area contributed by atoms with Crippen molar-refractivity contribution in [3.8, 4) is 0 Å². The van der Waals surface area contributed by atoms with E-state index in [1.807, 2.05) is 36.5 Å². The van der Waals surface area contributed by atoms with Gasteiger partial charge in [-0.3, -0.25) is 0 Å². The van der Waals surface area contributed by atoms with E-state index in [0.29, 0.717) is 19.1 Å². The second-order valence-electron chi connectivity index (χ2n) is 6.75. The molecule has 1 unspecified atom stereocenters. The number of amides is 1. The van der Waals surface area contributed by atoms with E-state index in [1.165, 1.54) is 11.3 Å². The van der Waals surface area contributed by atoms with Gasteiger partial charge < -0.3 is 25.6 Å². The minimum absolute atomic E-state index is 0.304. The molecule has 0 aliphatic heterocycles. The molecule has 1 aliphatic carbocycles. The van der Waals surface area contributed by atoms with Crippen LogP contribution in [0.3, 0.4) is 0 Å². The summed E-state index contributed by atoms with van der Waals surface area (Å²) in [4.78, 5) is 30.1. The number of rotatable bonds is 7. The number of carboxylic acids is 2. The fourth-order valence-corrected chi connectivity index (χ4v) is 2.85. The molecular weight excluding hydrogens is 388 g/mol. The fourth-order valence-electron chi connectivity index (χ4n) is 2.85. The maximum atomic E-state index is 11.9. The summed E-state index contributed by atoms with van der Waals surface area (Å²) in [6.07, 6.45) is 8.05. The first kappa shape index (κ1) is 24.7. The summed E-state index contributed by atoms with van der Waals surface area (Å²) in [5.41, 5.74) is 3.64. The van der Waals surface area contributed by atoms with E-state index in [-0.39, 0.29) is 6.09 Å². The van der Waals surface area contributed by atoms with Gasteiger partial charge in [-0.05, 0) is 49.9 Å². The molecule has 8 heteroatoms. The lowest BCUT2D eigenvalue weighted by atomic mass is 9.87. The second kappa shape index (κ2) is 13.8. The van der Waals surface area contributed by atoms with Crippen molar-refractivity contribution in [3.63, 3.8) is 0 Å². The quantitative estimate of drug-likeness (QED) is 0.498. The van der Waals surface area contributed by atoms with Gasteiger partial charge in [-0.1, -0.05) is 43.3 Å². The number of carbonyl (C=O) groups is 3. The number of carboxylic acid groups (broad SMARTS) is 2. The molecule has 1 atom stereocenters. The van der Waals surface area contributed by atoms with Gasteiger partial charge in [0.1, 0.15) is 0 Å². The molecule has 1 amide bonds. The normalized spacial score (nSPS) is 15.7. The van der Waals surface area contributed by atoms with Gasteiger partial charge in [0.25, 0.3) is 0 Å². The van der Waals surface area contributed by atoms with Crippen molar-refractivity contribution in [1.29, 1.82) is 0 Å². The molecule has 0 heterocycles. The molecule has 1 aromatic rings. The Hall–Kier alpha value is -3.29. The standard InChI is InChI=1S/C20H28N2O2.C2H2O4/c1-3-4-13-21-19-12-8-11-18(16(19)2)15-24-20(23)22-14-17-9-6-5-7-10-17;3-1(4)2(5)6/h4-7,9-10,13,18,21H,3,8,11-12,14-15H2,1-2H3,(H,22,23);(H,3,4)(H,5,6)/b13-4+;. The van der Waals surface area contributed by atoms with Crippen LogP contribution in [0.15, 0.2) is 53.9 Å². The first-order chi connectivity index (χ1) is 14.3. The first-order valence-corrected chi connectivity index (χ1v) is 9.87. The number of aliphatic carboxylic acids is 2. The average molecular weight is 418 g/mol. The van der Waals surface area contributed by atoms with Crippen LogP contribution >= 0.6 is 0 Å². The van der Waals surface area contributed by atoms with Crippen molar-refractivity contribution in [2.45, 2.75) is 46.1 Å². The Morgan fingerprint density at radius 2 is 1.83 bits per heavy atom. The number of hydrogen-bond donors (Lipinski definition) is 4. The molecule has 2 rings (SSSR count). The van der Waals surface area contributed by atoms with Crippen LogP contribution in [-0.4, -0.2) is 34.9 Å². The Morgan fingerprint density at radius 3 is 2.43 bits per heavy atom. The van der Waals surface area contributed by atoms with E-state index in [2.05, 4.69) is 30.6 Å². The number of hydrogen-bond acceptors (Lipinski definition) is 5. The highest BCUT2D eigenvalue weighted by molar-refractivity contribution is 6.27. The van der Waals surface area contributed by atoms with E-state index in [9.17, 15) is 4.79 Å². The predicted molar refractivity (Wildman–Crippen MR) is 113 cm³/mol. The Bertz CT molecular complexity index is 746. The summed E-state index contributed by atoms with van der Waals surface area (Å²) >= 11 is 0. The van der Waals surface area contributed by atoms with Crippen LogP contribution in [0.5, 0.6) is 0 Å². The molecule has 1 aromatic carbocycles. The fraction of sp³-hybridized carbons (Fsp3) is 0.409. The number of nitrogens with one attached hydrogen (secondary N) is 2. The van der Waals surface area contributed by atoms with E-state index in [1.54, 1.807) is 0 Å². The molecule has 1 aliphatic rings. The highest BCUT2D eigenvalue weighted by Gasteiger charge is 2.21. The summed E-state index contributed by atoms with van der Waals surface area (Å²) in [7, 11) is 0. The number of allylic oxidation sites excluding steroid dienone is 2. The maximum Gasteiger partial charge on any atom is 0.414 e. The average Bonchev–Trinajstić information content (AvgIpc) is 2.74. The first-order valence-electron chi connectivity index (χ1n) is 9.87.